The average Bonchev–Trinajstić information content (AvgIpc) is 2.75. The van der Waals surface area contributed by atoms with E-state index in [1.165, 1.54) is 11.1 Å². The van der Waals surface area contributed by atoms with Crippen molar-refractivity contribution in [1.29, 1.82) is 0 Å². The third-order valence-electron chi connectivity index (χ3n) is 4.88. The monoisotopic (exact) mass is 373 g/mol. The molecule has 1 aliphatic heterocycles. The Morgan fingerprint density at radius 3 is 2.64 bits per heavy atom. The highest BCUT2D eigenvalue weighted by molar-refractivity contribution is 5.94. The number of ether oxygens (including phenoxy) is 1. The summed E-state index contributed by atoms with van der Waals surface area (Å²) < 4.78 is 5.63. The first-order valence-electron chi connectivity index (χ1n) is 9.55. The molecule has 28 heavy (non-hydrogen) atoms. The highest BCUT2D eigenvalue weighted by Crippen LogP contribution is 2.27. The largest absolute Gasteiger partial charge is 0.492 e. The predicted molar refractivity (Wildman–Crippen MR) is 110 cm³/mol. The van der Waals surface area contributed by atoms with Crippen molar-refractivity contribution in [2.24, 2.45) is 0 Å². The van der Waals surface area contributed by atoms with E-state index in [0.717, 1.165) is 24.4 Å². The van der Waals surface area contributed by atoms with E-state index in [4.69, 9.17) is 4.74 Å². The van der Waals surface area contributed by atoms with Crippen molar-refractivity contribution in [2.45, 2.75) is 19.9 Å². The van der Waals surface area contributed by atoms with Gasteiger partial charge >= 0.3 is 0 Å². The number of aromatic nitrogens is 1. The number of para-hydroxylation sites is 2. The Hall–Kier alpha value is -3.34. The van der Waals surface area contributed by atoms with Crippen molar-refractivity contribution >= 4 is 17.4 Å². The first kappa shape index (κ1) is 18.0. The Kier molecular flexibility index (Phi) is 5.24. The highest BCUT2D eigenvalue weighted by atomic mass is 16.5. The fraction of sp³-hybridized carbons (Fsp3) is 0.217. The van der Waals surface area contributed by atoms with Gasteiger partial charge in [0.25, 0.3) is 5.91 Å². The number of benzene rings is 2. The summed E-state index contributed by atoms with van der Waals surface area (Å²) >= 11 is 0. The summed E-state index contributed by atoms with van der Waals surface area (Å²) in [6.07, 6.45) is 2.53. The average molecular weight is 373 g/mol. The number of nitrogens with zero attached hydrogens (tertiary/aromatic N) is 2. The molecule has 0 aliphatic carbocycles. The second-order valence-corrected chi connectivity index (χ2v) is 6.73. The van der Waals surface area contributed by atoms with Gasteiger partial charge in [-0.05, 0) is 48.7 Å². The molecule has 3 aromatic rings. The Morgan fingerprint density at radius 2 is 1.86 bits per heavy atom. The van der Waals surface area contributed by atoms with Gasteiger partial charge in [-0.15, -0.1) is 0 Å². The normalized spacial score (nSPS) is 13.0. The number of nitrogens with one attached hydrogen (secondary N) is 1. The number of pyridine rings is 1. The molecule has 1 N–H and O–H groups in total. The van der Waals surface area contributed by atoms with E-state index < -0.39 is 0 Å². The van der Waals surface area contributed by atoms with E-state index in [9.17, 15) is 4.79 Å². The molecule has 2 aromatic carbocycles. The van der Waals surface area contributed by atoms with Crippen molar-refractivity contribution in [3.63, 3.8) is 0 Å². The minimum absolute atomic E-state index is 0.0169. The van der Waals surface area contributed by atoms with E-state index in [0.29, 0.717) is 24.5 Å². The molecular weight excluding hydrogens is 350 g/mol. The SMILES string of the molecule is CCOc1ccccc1Nc1ccc(C(=O)N2CCc3ccccc3C2)cn1. The fourth-order valence-corrected chi connectivity index (χ4v) is 3.44. The van der Waals surface area contributed by atoms with Gasteiger partial charge in [-0.3, -0.25) is 4.79 Å². The lowest BCUT2D eigenvalue weighted by molar-refractivity contribution is 0.0734. The zero-order valence-electron chi connectivity index (χ0n) is 15.9. The Bertz CT molecular complexity index is 970. The molecule has 1 aromatic heterocycles. The van der Waals surface area contributed by atoms with Crippen molar-refractivity contribution in [3.8, 4) is 5.75 Å². The summed E-state index contributed by atoms with van der Waals surface area (Å²) in [5.74, 6) is 1.47. The molecule has 0 fully saturated rings. The Labute approximate surface area is 165 Å². The van der Waals surface area contributed by atoms with Gasteiger partial charge < -0.3 is 15.0 Å². The standard InChI is InChI=1S/C23H23N3O2/c1-2-28-21-10-6-5-9-20(21)25-22-12-11-18(15-24-22)23(27)26-14-13-17-7-3-4-8-19(17)16-26/h3-12,15H,2,13-14,16H2,1H3,(H,24,25). The van der Waals surface area contributed by atoms with Gasteiger partial charge in [0.05, 0.1) is 17.9 Å². The summed E-state index contributed by atoms with van der Waals surface area (Å²) in [5, 5.41) is 3.26. The molecule has 0 spiro atoms. The van der Waals surface area contributed by atoms with Crippen LogP contribution in [0.25, 0.3) is 0 Å². The predicted octanol–water partition coefficient (Wildman–Crippen LogP) is 4.42. The Morgan fingerprint density at radius 1 is 1.07 bits per heavy atom. The summed E-state index contributed by atoms with van der Waals surface area (Å²) in [5.41, 5.74) is 4.00. The number of fused-ring (bicyclic) bond motifs is 1. The van der Waals surface area contributed by atoms with Crippen LogP contribution in [0.3, 0.4) is 0 Å². The number of hydrogen-bond donors (Lipinski definition) is 1. The van der Waals surface area contributed by atoms with Gasteiger partial charge in [0.15, 0.2) is 0 Å². The quantitative estimate of drug-likeness (QED) is 0.719. The lowest BCUT2D eigenvalue weighted by atomic mass is 9.99. The van der Waals surface area contributed by atoms with Crippen molar-refractivity contribution in [2.75, 3.05) is 18.5 Å². The second kappa shape index (κ2) is 8.13. The lowest BCUT2D eigenvalue weighted by Crippen LogP contribution is -2.35. The molecule has 5 nitrogen and oxygen atoms in total. The maximum Gasteiger partial charge on any atom is 0.255 e. The topological polar surface area (TPSA) is 54.5 Å². The van der Waals surface area contributed by atoms with Crippen molar-refractivity contribution in [3.05, 3.63) is 83.6 Å². The van der Waals surface area contributed by atoms with Crippen molar-refractivity contribution in [1.82, 2.24) is 9.88 Å². The second-order valence-electron chi connectivity index (χ2n) is 6.73. The van der Waals surface area contributed by atoms with Crippen LogP contribution in [0, 0.1) is 0 Å². The highest BCUT2D eigenvalue weighted by Gasteiger charge is 2.21. The van der Waals surface area contributed by atoms with E-state index in [1.807, 2.05) is 54.3 Å². The van der Waals surface area contributed by atoms with E-state index in [-0.39, 0.29) is 5.91 Å². The maximum absolute atomic E-state index is 12.9. The molecule has 0 atom stereocenters. The number of hydrogen-bond acceptors (Lipinski definition) is 4. The van der Waals surface area contributed by atoms with E-state index in [1.54, 1.807) is 6.20 Å². The third kappa shape index (κ3) is 3.83. The van der Waals surface area contributed by atoms with Gasteiger partial charge in [-0.25, -0.2) is 4.98 Å². The molecule has 0 saturated heterocycles. The molecular formula is C23H23N3O2. The van der Waals surface area contributed by atoms with Gasteiger partial charge in [0, 0.05) is 19.3 Å². The smallest absolute Gasteiger partial charge is 0.255 e. The third-order valence-corrected chi connectivity index (χ3v) is 4.88. The Balaban J connectivity index is 1.46. The number of carbonyl (C=O) groups is 1. The van der Waals surface area contributed by atoms with Crippen LogP contribution in [-0.2, 0) is 13.0 Å². The fourth-order valence-electron chi connectivity index (χ4n) is 3.44. The van der Waals surface area contributed by atoms with Crippen LogP contribution in [-0.4, -0.2) is 28.9 Å². The molecule has 2 heterocycles. The molecule has 5 heteroatoms. The molecule has 0 saturated carbocycles. The summed E-state index contributed by atoms with van der Waals surface area (Å²) in [4.78, 5) is 19.2. The van der Waals surface area contributed by atoms with Gasteiger partial charge in [0.2, 0.25) is 0 Å². The number of amides is 1. The minimum Gasteiger partial charge on any atom is -0.492 e. The van der Waals surface area contributed by atoms with Crippen LogP contribution in [0.15, 0.2) is 66.9 Å². The van der Waals surface area contributed by atoms with Crippen LogP contribution in [0.1, 0.15) is 28.4 Å². The lowest BCUT2D eigenvalue weighted by Gasteiger charge is -2.28. The minimum atomic E-state index is 0.0169. The van der Waals surface area contributed by atoms with Crippen LogP contribution in [0.2, 0.25) is 0 Å². The molecule has 1 amide bonds. The molecule has 4 rings (SSSR count). The van der Waals surface area contributed by atoms with Crippen LogP contribution in [0.5, 0.6) is 5.75 Å². The zero-order valence-corrected chi connectivity index (χ0v) is 15.9. The number of anilines is 2. The van der Waals surface area contributed by atoms with Crippen LogP contribution in [0.4, 0.5) is 11.5 Å². The summed E-state index contributed by atoms with van der Waals surface area (Å²) in [6.45, 7) is 3.93. The molecule has 0 bridgehead atoms. The van der Waals surface area contributed by atoms with Crippen molar-refractivity contribution < 1.29 is 9.53 Å². The zero-order chi connectivity index (χ0) is 19.3. The first-order chi connectivity index (χ1) is 13.7. The first-order valence-corrected chi connectivity index (χ1v) is 9.55. The molecule has 142 valence electrons. The molecule has 0 unspecified atom stereocenters. The van der Waals surface area contributed by atoms with Crippen LogP contribution >= 0.6 is 0 Å². The van der Waals surface area contributed by atoms with E-state index >= 15 is 0 Å². The van der Waals surface area contributed by atoms with Gasteiger partial charge in [-0.2, -0.15) is 0 Å². The summed E-state index contributed by atoms with van der Waals surface area (Å²) in [6, 6.07) is 19.7. The summed E-state index contributed by atoms with van der Waals surface area (Å²) in [7, 11) is 0. The number of carbonyl (C=O) groups excluding carboxylic acids is 1. The van der Waals surface area contributed by atoms with Gasteiger partial charge in [0.1, 0.15) is 11.6 Å². The van der Waals surface area contributed by atoms with Crippen LogP contribution < -0.4 is 10.1 Å². The van der Waals surface area contributed by atoms with Gasteiger partial charge in [-0.1, -0.05) is 36.4 Å². The maximum atomic E-state index is 12.9. The van der Waals surface area contributed by atoms with E-state index in [2.05, 4.69) is 28.5 Å². The molecule has 1 aliphatic rings. The number of rotatable bonds is 5. The molecule has 0 radical (unpaired) electrons.